The van der Waals surface area contributed by atoms with Gasteiger partial charge in [0, 0.05) is 10.0 Å². The summed E-state index contributed by atoms with van der Waals surface area (Å²) in [6, 6.07) is 5.16. The molecule has 0 bridgehead atoms. The van der Waals surface area contributed by atoms with Gasteiger partial charge in [-0.25, -0.2) is 0 Å². The fraction of sp³-hybridized carbons (Fsp3) is 0.455. The molecule has 90 valence electrons. The van der Waals surface area contributed by atoms with Crippen LogP contribution in [0.5, 0.6) is 5.75 Å². The number of ether oxygens (including phenoxy) is 1. The van der Waals surface area contributed by atoms with Gasteiger partial charge in [-0.2, -0.15) is 0 Å². The van der Waals surface area contributed by atoms with Gasteiger partial charge in [0.15, 0.2) is 0 Å². The van der Waals surface area contributed by atoms with Crippen molar-refractivity contribution >= 4 is 28.3 Å². The lowest BCUT2D eigenvalue weighted by Crippen LogP contribution is -2.53. The number of halogens is 2. The number of hydrogen-bond acceptors (Lipinski definition) is 3. The molecule has 1 aromatic carbocycles. The highest BCUT2D eigenvalue weighted by molar-refractivity contribution is 9.10. The second-order valence-corrected chi connectivity index (χ2v) is 5.27. The number of hydrogen-bond donors (Lipinski definition) is 2. The first kappa shape index (κ1) is 13.8. The Balaban J connectivity index is 0.00000128. The summed E-state index contributed by atoms with van der Waals surface area (Å²) in [5.41, 5.74) is 6.14. The van der Waals surface area contributed by atoms with E-state index in [1.54, 1.807) is 0 Å². The number of aliphatic hydroxyl groups excluding tert-OH is 1. The molecule has 0 saturated heterocycles. The van der Waals surface area contributed by atoms with Crippen LogP contribution in [0.1, 0.15) is 25.5 Å². The zero-order valence-electron chi connectivity index (χ0n) is 9.11. The molecule has 2 rings (SSSR count). The SMILES string of the molecule is CC1(C)Oc2ccc(Br)cc2C(O)C1N.Cl. The smallest absolute Gasteiger partial charge is 0.126 e. The van der Waals surface area contributed by atoms with Gasteiger partial charge in [0.05, 0.1) is 6.04 Å². The topological polar surface area (TPSA) is 55.5 Å². The Morgan fingerprint density at radius 1 is 1.44 bits per heavy atom. The maximum atomic E-state index is 10.1. The molecular weight excluding hydrogens is 293 g/mol. The summed E-state index contributed by atoms with van der Waals surface area (Å²) in [6.07, 6.45) is -0.679. The molecule has 0 saturated carbocycles. The molecule has 3 N–H and O–H groups in total. The van der Waals surface area contributed by atoms with Crippen molar-refractivity contribution in [3.63, 3.8) is 0 Å². The van der Waals surface area contributed by atoms with Gasteiger partial charge in [0.2, 0.25) is 0 Å². The second-order valence-electron chi connectivity index (χ2n) is 4.36. The Labute approximate surface area is 110 Å². The van der Waals surface area contributed by atoms with Gasteiger partial charge >= 0.3 is 0 Å². The first-order valence-corrected chi connectivity index (χ1v) is 5.63. The molecule has 5 heteroatoms. The van der Waals surface area contributed by atoms with Crippen molar-refractivity contribution in [2.45, 2.75) is 31.6 Å². The van der Waals surface area contributed by atoms with E-state index in [1.165, 1.54) is 0 Å². The van der Waals surface area contributed by atoms with Gasteiger partial charge in [-0.3, -0.25) is 0 Å². The Morgan fingerprint density at radius 3 is 2.69 bits per heavy atom. The normalized spacial score (nSPS) is 26.3. The fourth-order valence-corrected chi connectivity index (χ4v) is 2.15. The summed E-state index contributed by atoms with van der Waals surface area (Å²) in [5.74, 6) is 0.706. The monoisotopic (exact) mass is 307 g/mol. The van der Waals surface area contributed by atoms with Crippen LogP contribution in [0, 0.1) is 0 Å². The fourth-order valence-electron chi connectivity index (χ4n) is 1.77. The molecule has 1 aliphatic heterocycles. The minimum absolute atomic E-state index is 0. The number of fused-ring (bicyclic) bond motifs is 1. The maximum absolute atomic E-state index is 10.1. The molecule has 1 aliphatic rings. The number of aliphatic hydroxyl groups is 1. The minimum atomic E-state index is -0.679. The van der Waals surface area contributed by atoms with E-state index in [0.717, 1.165) is 10.0 Å². The van der Waals surface area contributed by atoms with Crippen LogP contribution in [0.3, 0.4) is 0 Å². The molecule has 0 radical (unpaired) electrons. The van der Waals surface area contributed by atoms with E-state index in [1.807, 2.05) is 32.0 Å². The third kappa shape index (κ3) is 2.20. The third-order valence-electron chi connectivity index (χ3n) is 2.81. The summed E-state index contributed by atoms with van der Waals surface area (Å²) in [6.45, 7) is 3.76. The summed E-state index contributed by atoms with van der Waals surface area (Å²) < 4.78 is 6.66. The predicted molar refractivity (Wildman–Crippen MR) is 69.0 cm³/mol. The van der Waals surface area contributed by atoms with Gasteiger partial charge in [-0.1, -0.05) is 15.9 Å². The molecular formula is C11H15BrClNO2. The number of nitrogens with two attached hydrogens (primary N) is 1. The molecule has 0 spiro atoms. The summed E-state index contributed by atoms with van der Waals surface area (Å²) in [5, 5.41) is 10.1. The molecule has 0 amide bonds. The van der Waals surface area contributed by atoms with Crippen molar-refractivity contribution in [1.82, 2.24) is 0 Å². The largest absolute Gasteiger partial charge is 0.486 e. The van der Waals surface area contributed by atoms with Crippen LogP contribution < -0.4 is 10.5 Å². The van der Waals surface area contributed by atoms with Crippen molar-refractivity contribution in [3.05, 3.63) is 28.2 Å². The molecule has 1 heterocycles. The quantitative estimate of drug-likeness (QED) is 0.774. The molecule has 0 fully saturated rings. The van der Waals surface area contributed by atoms with Crippen molar-refractivity contribution in [2.24, 2.45) is 5.73 Å². The minimum Gasteiger partial charge on any atom is -0.486 e. The molecule has 1 aromatic rings. The zero-order chi connectivity index (χ0) is 11.2. The van der Waals surface area contributed by atoms with E-state index in [0.29, 0.717) is 5.75 Å². The third-order valence-corrected chi connectivity index (χ3v) is 3.30. The molecule has 0 aromatic heterocycles. The average molecular weight is 309 g/mol. The van der Waals surface area contributed by atoms with Crippen LogP contribution in [-0.4, -0.2) is 16.7 Å². The van der Waals surface area contributed by atoms with Gasteiger partial charge in [-0.15, -0.1) is 12.4 Å². The van der Waals surface area contributed by atoms with Crippen LogP contribution in [0.25, 0.3) is 0 Å². The Kier molecular flexibility index (Phi) is 3.90. The van der Waals surface area contributed by atoms with Gasteiger partial charge in [-0.05, 0) is 32.0 Å². The Morgan fingerprint density at radius 2 is 2.06 bits per heavy atom. The Bertz CT molecular complexity index is 398. The van der Waals surface area contributed by atoms with Crippen LogP contribution in [0.15, 0.2) is 22.7 Å². The van der Waals surface area contributed by atoms with Crippen LogP contribution in [-0.2, 0) is 0 Å². The van der Waals surface area contributed by atoms with E-state index in [4.69, 9.17) is 10.5 Å². The summed E-state index contributed by atoms with van der Waals surface area (Å²) in [7, 11) is 0. The first-order valence-electron chi connectivity index (χ1n) is 4.84. The van der Waals surface area contributed by atoms with E-state index in [-0.39, 0.29) is 12.4 Å². The lowest BCUT2D eigenvalue weighted by molar-refractivity contribution is -0.0117. The second kappa shape index (κ2) is 4.53. The van der Waals surface area contributed by atoms with E-state index in [9.17, 15) is 5.11 Å². The van der Waals surface area contributed by atoms with E-state index >= 15 is 0 Å². The van der Waals surface area contributed by atoms with Crippen molar-refractivity contribution in [1.29, 1.82) is 0 Å². The standard InChI is InChI=1S/C11H14BrNO2.ClH/c1-11(2)10(13)9(14)7-5-6(12)3-4-8(7)15-11;/h3-5,9-10,14H,13H2,1-2H3;1H. The lowest BCUT2D eigenvalue weighted by Gasteiger charge is -2.40. The van der Waals surface area contributed by atoms with Crippen molar-refractivity contribution in [2.75, 3.05) is 0 Å². The zero-order valence-corrected chi connectivity index (χ0v) is 11.5. The summed E-state index contributed by atoms with van der Waals surface area (Å²) in [4.78, 5) is 0. The summed E-state index contributed by atoms with van der Waals surface area (Å²) >= 11 is 3.36. The number of rotatable bonds is 0. The van der Waals surface area contributed by atoms with Crippen LogP contribution in [0.4, 0.5) is 0 Å². The van der Waals surface area contributed by atoms with Crippen molar-refractivity contribution < 1.29 is 9.84 Å². The highest BCUT2D eigenvalue weighted by Gasteiger charge is 2.40. The maximum Gasteiger partial charge on any atom is 0.126 e. The molecule has 0 aliphatic carbocycles. The van der Waals surface area contributed by atoms with Crippen molar-refractivity contribution in [3.8, 4) is 5.75 Å². The van der Waals surface area contributed by atoms with E-state index in [2.05, 4.69) is 15.9 Å². The molecule has 16 heavy (non-hydrogen) atoms. The van der Waals surface area contributed by atoms with Gasteiger partial charge < -0.3 is 15.6 Å². The highest BCUT2D eigenvalue weighted by atomic mass is 79.9. The van der Waals surface area contributed by atoms with Crippen LogP contribution in [0.2, 0.25) is 0 Å². The predicted octanol–water partition coefficient (Wildman–Crippen LogP) is 2.40. The molecule has 2 atom stereocenters. The van der Waals surface area contributed by atoms with Gasteiger partial charge in [0.25, 0.3) is 0 Å². The van der Waals surface area contributed by atoms with Gasteiger partial charge in [0.1, 0.15) is 17.5 Å². The average Bonchev–Trinajstić information content (AvgIpc) is 2.16. The highest BCUT2D eigenvalue weighted by Crippen LogP contribution is 2.39. The molecule has 3 nitrogen and oxygen atoms in total. The van der Waals surface area contributed by atoms with E-state index < -0.39 is 17.7 Å². The first-order chi connectivity index (χ1) is 6.92. The molecule has 2 unspecified atom stereocenters. The van der Waals surface area contributed by atoms with Crippen LogP contribution >= 0.6 is 28.3 Å². The number of benzene rings is 1. The lowest BCUT2D eigenvalue weighted by atomic mass is 9.87. The Hall–Kier alpha value is -0.290.